The Balaban J connectivity index is 1.93. The van der Waals surface area contributed by atoms with Gasteiger partial charge in [0.2, 0.25) is 0 Å². The molecule has 0 aliphatic rings. The van der Waals surface area contributed by atoms with Crippen molar-refractivity contribution in [1.82, 2.24) is 4.98 Å². The molecule has 2 aromatic rings. The van der Waals surface area contributed by atoms with Crippen molar-refractivity contribution in [1.29, 1.82) is 0 Å². The summed E-state index contributed by atoms with van der Waals surface area (Å²) in [7, 11) is 0. The molecule has 19 heavy (non-hydrogen) atoms. The number of halogens is 2. The highest BCUT2D eigenvalue weighted by atomic mass is 79.9. The van der Waals surface area contributed by atoms with Gasteiger partial charge in [0.25, 0.3) is 0 Å². The number of esters is 1. The van der Waals surface area contributed by atoms with E-state index in [-0.39, 0.29) is 18.1 Å². The van der Waals surface area contributed by atoms with Gasteiger partial charge in [0.15, 0.2) is 12.4 Å². The maximum absolute atomic E-state index is 11.8. The molecule has 0 atom stereocenters. The molecular weight excluding hydrogens is 334 g/mol. The van der Waals surface area contributed by atoms with Gasteiger partial charge >= 0.3 is 5.97 Å². The second-order valence-electron chi connectivity index (χ2n) is 3.74. The standard InChI is InChI=1S/C13H9BrClNO3/c14-9-3-1-8(2-4-9)12(17)7-19-13(18)11-5-10(15)6-16-11/h1-6,16H,7H2. The van der Waals surface area contributed by atoms with Crippen molar-refractivity contribution < 1.29 is 14.3 Å². The van der Waals surface area contributed by atoms with Gasteiger partial charge in [-0.3, -0.25) is 4.79 Å². The fourth-order valence-electron chi connectivity index (χ4n) is 1.41. The average molecular weight is 343 g/mol. The zero-order valence-electron chi connectivity index (χ0n) is 9.65. The first-order valence-corrected chi connectivity index (χ1v) is 6.53. The van der Waals surface area contributed by atoms with Crippen LogP contribution in [0.2, 0.25) is 5.02 Å². The number of ketones is 1. The van der Waals surface area contributed by atoms with Crippen molar-refractivity contribution in [2.45, 2.75) is 0 Å². The number of H-pyrrole nitrogens is 1. The highest BCUT2D eigenvalue weighted by Crippen LogP contribution is 2.12. The molecule has 6 heteroatoms. The number of hydrogen-bond donors (Lipinski definition) is 1. The molecule has 0 aliphatic heterocycles. The van der Waals surface area contributed by atoms with Crippen molar-refractivity contribution in [3.8, 4) is 0 Å². The van der Waals surface area contributed by atoms with Crippen molar-refractivity contribution in [2.24, 2.45) is 0 Å². The number of benzene rings is 1. The predicted molar refractivity (Wildman–Crippen MR) is 74.6 cm³/mol. The quantitative estimate of drug-likeness (QED) is 0.683. The van der Waals surface area contributed by atoms with E-state index in [0.717, 1.165) is 4.47 Å². The molecule has 0 radical (unpaired) electrons. The summed E-state index contributed by atoms with van der Waals surface area (Å²) in [6.07, 6.45) is 1.47. The largest absolute Gasteiger partial charge is 0.453 e. The third-order valence-electron chi connectivity index (χ3n) is 2.37. The molecule has 0 unspecified atom stereocenters. The normalized spacial score (nSPS) is 10.2. The number of carbonyl (C=O) groups excluding carboxylic acids is 2. The van der Waals surface area contributed by atoms with Crippen LogP contribution in [-0.2, 0) is 4.74 Å². The number of ether oxygens (including phenoxy) is 1. The van der Waals surface area contributed by atoms with Crippen LogP contribution in [0.15, 0.2) is 41.0 Å². The van der Waals surface area contributed by atoms with Crippen molar-refractivity contribution in [3.05, 3.63) is 57.3 Å². The number of nitrogens with one attached hydrogen (secondary N) is 1. The Morgan fingerprint density at radius 2 is 1.95 bits per heavy atom. The van der Waals surface area contributed by atoms with Gasteiger partial charge in [0, 0.05) is 16.2 Å². The summed E-state index contributed by atoms with van der Waals surface area (Å²) in [6, 6.07) is 8.26. The van der Waals surface area contributed by atoms with Crippen LogP contribution in [0.4, 0.5) is 0 Å². The van der Waals surface area contributed by atoms with E-state index in [4.69, 9.17) is 16.3 Å². The van der Waals surface area contributed by atoms with Crippen LogP contribution in [0, 0.1) is 0 Å². The molecule has 0 aliphatic carbocycles. The molecule has 1 aromatic heterocycles. The van der Waals surface area contributed by atoms with Gasteiger partial charge in [-0.1, -0.05) is 39.7 Å². The van der Waals surface area contributed by atoms with Gasteiger partial charge in [0.05, 0.1) is 5.02 Å². The highest BCUT2D eigenvalue weighted by molar-refractivity contribution is 9.10. The Labute approximate surface area is 122 Å². The summed E-state index contributed by atoms with van der Waals surface area (Å²) in [6.45, 7) is -0.308. The van der Waals surface area contributed by atoms with Gasteiger partial charge < -0.3 is 9.72 Å². The Morgan fingerprint density at radius 1 is 1.26 bits per heavy atom. The highest BCUT2D eigenvalue weighted by Gasteiger charge is 2.13. The van der Waals surface area contributed by atoms with Crippen LogP contribution in [0.1, 0.15) is 20.8 Å². The molecule has 4 nitrogen and oxygen atoms in total. The first-order valence-electron chi connectivity index (χ1n) is 5.36. The molecule has 1 aromatic carbocycles. The summed E-state index contributed by atoms with van der Waals surface area (Å²) < 4.78 is 5.77. The summed E-state index contributed by atoms with van der Waals surface area (Å²) >= 11 is 8.94. The lowest BCUT2D eigenvalue weighted by atomic mass is 10.1. The molecule has 1 heterocycles. The number of hydrogen-bond acceptors (Lipinski definition) is 3. The molecule has 0 spiro atoms. The van der Waals surface area contributed by atoms with Gasteiger partial charge in [-0.25, -0.2) is 4.79 Å². The molecule has 1 N–H and O–H groups in total. The monoisotopic (exact) mass is 341 g/mol. The van der Waals surface area contributed by atoms with E-state index in [9.17, 15) is 9.59 Å². The molecule has 0 fully saturated rings. The summed E-state index contributed by atoms with van der Waals surface area (Å²) in [5, 5.41) is 0.409. The molecule has 98 valence electrons. The Bertz CT molecular complexity index is 607. The number of Topliss-reactive ketones (excluding diaryl/α,β-unsaturated/α-hetero) is 1. The topological polar surface area (TPSA) is 59.2 Å². The molecule has 0 amide bonds. The third-order valence-corrected chi connectivity index (χ3v) is 3.12. The fourth-order valence-corrected chi connectivity index (χ4v) is 1.84. The van der Waals surface area contributed by atoms with Gasteiger partial charge in [-0.05, 0) is 18.2 Å². The van der Waals surface area contributed by atoms with E-state index < -0.39 is 5.97 Å². The lowest BCUT2D eigenvalue weighted by Crippen LogP contribution is -2.14. The number of aromatic amines is 1. The molecule has 2 rings (SSSR count). The first kappa shape index (κ1) is 13.8. The van der Waals surface area contributed by atoms with Gasteiger partial charge in [-0.15, -0.1) is 0 Å². The molecule has 0 saturated carbocycles. The minimum absolute atomic E-state index is 0.216. The first-order chi connectivity index (χ1) is 9.06. The molecule has 0 bridgehead atoms. The van der Waals surface area contributed by atoms with E-state index in [1.165, 1.54) is 12.3 Å². The van der Waals surface area contributed by atoms with Gasteiger partial charge in [0.1, 0.15) is 5.69 Å². The van der Waals surface area contributed by atoms with E-state index in [2.05, 4.69) is 20.9 Å². The van der Waals surface area contributed by atoms with Crippen LogP contribution in [0.3, 0.4) is 0 Å². The van der Waals surface area contributed by atoms with Crippen LogP contribution in [-0.4, -0.2) is 23.3 Å². The van der Waals surface area contributed by atoms with Crippen molar-refractivity contribution in [3.63, 3.8) is 0 Å². The van der Waals surface area contributed by atoms with Crippen molar-refractivity contribution in [2.75, 3.05) is 6.61 Å². The smallest absolute Gasteiger partial charge is 0.355 e. The zero-order valence-corrected chi connectivity index (χ0v) is 12.0. The lowest BCUT2D eigenvalue weighted by molar-refractivity contribution is 0.0469. The van der Waals surface area contributed by atoms with Crippen LogP contribution in [0.5, 0.6) is 0 Å². The summed E-state index contributed by atoms with van der Waals surface area (Å²) in [5.41, 5.74) is 0.703. The second kappa shape index (κ2) is 6.04. The number of aromatic nitrogens is 1. The minimum Gasteiger partial charge on any atom is -0.453 e. The minimum atomic E-state index is -0.614. The predicted octanol–water partition coefficient (Wildman–Crippen LogP) is 3.47. The fraction of sp³-hybridized carbons (Fsp3) is 0.0769. The van der Waals surface area contributed by atoms with E-state index in [1.54, 1.807) is 24.3 Å². The van der Waals surface area contributed by atoms with Crippen molar-refractivity contribution >= 4 is 39.3 Å². The van der Waals surface area contributed by atoms with E-state index >= 15 is 0 Å². The molecular formula is C13H9BrClNO3. The van der Waals surface area contributed by atoms with Crippen LogP contribution in [0.25, 0.3) is 0 Å². The maximum atomic E-state index is 11.8. The number of carbonyl (C=O) groups is 2. The van der Waals surface area contributed by atoms with Crippen LogP contribution < -0.4 is 0 Å². The SMILES string of the molecule is O=C(COC(=O)c1cc(Cl)c[nH]1)c1ccc(Br)cc1. The van der Waals surface area contributed by atoms with Crippen LogP contribution >= 0.6 is 27.5 Å². The average Bonchev–Trinajstić information content (AvgIpc) is 2.83. The van der Waals surface area contributed by atoms with E-state index in [1.807, 2.05) is 0 Å². The second-order valence-corrected chi connectivity index (χ2v) is 5.09. The number of rotatable bonds is 4. The van der Waals surface area contributed by atoms with E-state index in [0.29, 0.717) is 10.6 Å². The lowest BCUT2D eigenvalue weighted by Gasteiger charge is -2.03. The summed E-state index contributed by atoms with van der Waals surface area (Å²) in [4.78, 5) is 26.0. The zero-order chi connectivity index (χ0) is 13.8. The summed E-state index contributed by atoms with van der Waals surface area (Å²) in [5.74, 6) is -0.879. The maximum Gasteiger partial charge on any atom is 0.355 e. The Morgan fingerprint density at radius 3 is 2.53 bits per heavy atom. The Kier molecular flexibility index (Phi) is 4.39. The van der Waals surface area contributed by atoms with Gasteiger partial charge in [-0.2, -0.15) is 0 Å². The Hall–Kier alpha value is -1.59. The third kappa shape index (κ3) is 3.68. The molecule has 0 saturated heterocycles.